The Morgan fingerprint density at radius 1 is 1.56 bits per heavy atom. The van der Waals surface area contributed by atoms with Crippen LogP contribution in [0.15, 0.2) is 22.7 Å². The molecule has 1 fully saturated rings. The molecule has 1 aromatic rings. The van der Waals surface area contributed by atoms with Crippen molar-refractivity contribution in [3.8, 4) is 0 Å². The van der Waals surface area contributed by atoms with Crippen LogP contribution in [0.25, 0.3) is 0 Å². The molecule has 0 saturated carbocycles. The fourth-order valence-electron chi connectivity index (χ4n) is 2.25. The Kier molecular flexibility index (Phi) is 4.78. The van der Waals surface area contributed by atoms with Crippen LogP contribution in [0, 0.1) is 12.8 Å². The minimum Gasteiger partial charge on any atom is -0.326 e. The van der Waals surface area contributed by atoms with E-state index in [1.54, 1.807) is 0 Å². The van der Waals surface area contributed by atoms with Gasteiger partial charge in [-0.2, -0.15) is 0 Å². The van der Waals surface area contributed by atoms with E-state index in [4.69, 9.17) is 0 Å². The van der Waals surface area contributed by atoms with Crippen LogP contribution in [-0.4, -0.2) is 19.0 Å². The van der Waals surface area contributed by atoms with Crippen molar-refractivity contribution in [2.24, 2.45) is 5.92 Å². The molecule has 0 radical (unpaired) electrons. The lowest BCUT2D eigenvalue weighted by atomic mass is 10.0. The highest BCUT2D eigenvalue weighted by atomic mass is 79.9. The molecule has 1 heterocycles. The number of carbonyl (C=O) groups is 1. The number of amides is 1. The monoisotopic (exact) mass is 310 g/mol. The first-order valence-electron chi connectivity index (χ1n) is 6.42. The lowest BCUT2D eigenvalue weighted by molar-refractivity contribution is -0.116. The molecule has 1 saturated heterocycles. The van der Waals surface area contributed by atoms with Gasteiger partial charge in [0.25, 0.3) is 0 Å². The van der Waals surface area contributed by atoms with Gasteiger partial charge < -0.3 is 10.6 Å². The van der Waals surface area contributed by atoms with Crippen LogP contribution in [-0.2, 0) is 4.79 Å². The maximum absolute atomic E-state index is 11.9. The van der Waals surface area contributed by atoms with Crippen LogP contribution in [0.3, 0.4) is 0 Å². The van der Waals surface area contributed by atoms with Gasteiger partial charge in [-0.3, -0.25) is 4.79 Å². The smallest absolute Gasteiger partial charge is 0.224 e. The summed E-state index contributed by atoms with van der Waals surface area (Å²) in [6, 6.07) is 5.86. The molecule has 98 valence electrons. The predicted molar refractivity (Wildman–Crippen MR) is 77.7 cm³/mol. The average molecular weight is 311 g/mol. The second kappa shape index (κ2) is 6.34. The van der Waals surface area contributed by atoms with Crippen LogP contribution >= 0.6 is 15.9 Å². The minimum absolute atomic E-state index is 0.114. The number of benzene rings is 1. The van der Waals surface area contributed by atoms with Crippen molar-refractivity contribution in [1.29, 1.82) is 0 Å². The predicted octanol–water partition coefficient (Wildman–Crippen LogP) is 3.09. The lowest BCUT2D eigenvalue weighted by Gasteiger charge is -2.11. The zero-order valence-electron chi connectivity index (χ0n) is 10.6. The lowest BCUT2D eigenvalue weighted by Crippen LogP contribution is -2.15. The van der Waals surface area contributed by atoms with Gasteiger partial charge in [0, 0.05) is 16.6 Å². The van der Waals surface area contributed by atoms with E-state index in [0.29, 0.717) is 12.3 Å². The number of halogens is 1. The third-order valence-electron chi connectivity index (χ3n) is 3.48. The fraction of sp³-hybridized carbons (Fsp3) is 0.500. The summed E-state index contributed by atoms with van der Waals surface area (Å²) in [6.07, 6.45) is 2.79. The molecule has 1 aromatic carbocycles. The van der Waals surface area contributed by atoms with E-state index < -0.39 is 0 Å². The summed E-state index contributed by atoms with van der Waals surface area (Å²) >= 11 is 3.47. The Balaban J connectivity index is 1.84. The van der Waals surface area contributed by atoms with Gasteiger partial charge in [-0.1, -0.05) is 22.0 Å². The second-order valence-corrected chi connectivity index (χ2v) is 5.71. The molecule has 0 aromatic heterocycles. The third kappa shape index (κ3) is 3.56. The van der Waals surface area contributed by atoms with E-state index in [9.17, 15) is 4.79 Å². The maximum atomic E-state index is 11.9. The molecule has 18 heavy (non-hydrogen) atoms. The van der Waals surface area contributed by atoms with Crippen LogP contribution in [0.5, 0.6) is 0 Å². The highest BCUT2D eigenvalue weighted by molar-refractivity contribution is 9.10. The molecule has 1 atom stereocenters. The summed E-state index contributed by atoms with van der Waals surface area (Å²) in [5.74, 6) is 0.780. The number of rotatable bonds is 4. The number of nitrogens with one attached hydrogen (secondary N) is 2. The van der Waals surface area contributed by atoms with E-state index in [-0.39, 0.29) is 5.91 Å². The largest absolute Gasteiger partial charge is 0.326 e. The van der Waals surface area contributed by atoms with Crippen LogP contribution in [0.4, 0.5) is 5.69 Å². The standard InChI is InChI=1S/C14H19BrN2O/c1-10-12(15)3-2-4-13(10)17-14(18)6-5-11-7-8-16-9-11/h2-4,11,16H,5-9H2,1H3,(H,17,18). The molecule has 1 unspecified atom stereocenters. The SMILES string of the molecule is Cc1c(Br)cccc1NC(=O)CCC1CCNC1. The highest BCUT2D eigenvalue weighted by Crippen LogP contribution is 2.24. The molecule has 0 bridgehead atoms. The third-order valence-corrected chi connectivity index (χ3v) is 4.34. The zero-order chi connectivity index (χ0) is 13.0. The first kappa shape index (κ1) is 13.6. The van der Waals surface area contributed by atoms with Crippen molar-refractivity contribution in [2.45, 2.75) is 26.2 Å². The van der Waals surface area contributed by atoms with E-state index in [1.807, 2.05) is 25.1 Å². The molecule has 1 aliphatic rings. The molecule has 0 spiro atoms. The molecule has 1 aliphatic heterocycles. The summed E-state index contributed by atoms with van der Waals surface area (Å²) in [4.78, 5) is 11.9. The Labute approximate surface area is 116 Å². The van der Waals surface area contributed by atoms with E-state index in [2.05, 4.69) is 26.6 Å². The molecule has 1 amide bonds. The average Bonchev–Trinajstić information content (AvgIpc) is 2.86. The van der Waals surface area contributed by atoms with Gasteiger partial charge in [0.2, 0.25) is 5.91 Å². The van der Waals surface area contributed by atoms with Crippen LogP contribution < -0.4 is 10.6 Å². The molecule has 4 heteroatoms. The molecule has 3 nitrogen and oxygen atoms in total. The molecule has 0 aliphatic carbocycles. The minimum atomic E-state index is 0.114. The van der Waals surface area contributed by atoms with Gasteiger partial charge in [-0.05, 0) is 56.5 Å². The van der Waals surface area contributed by atoms with Gasteiger partial charge in [-0.15, -0.1) is 0 Å². The Hall–Kier alpha value is -0.870. The van der Waals surface area contributed by atoms with Crippen molar-refractivity contribution >= 4 is 27.5 Å². The Morgan fingerprint density at radius 2 is 2.39 bits per heavy atom. The number of hydrogen-bond donors (Lipinski definition) is 2. The van der Waals surface area contributed by atoms with Gasteiger partial charge >= 0.3 is 0 Å². The van der Waals surface area contributed by atoms with Crippen molar-refractivity contribution in [3.63, 3.8) is 0 Å². The highest BCUT2D eigenvalue weighted by Gasteiger charge is 2.16. The Morgan fingerprint density at radius 3 is 3.11 bits per heavy atom. The fourth-order valence-corrected chi connectivity index (χ4v) is 2.62. The van der Waals surface area contributed by atoms with E-state index in [0.717, 1.165) is 35.2 Å². The number of carbonyl (C=O) groups excluding carboxylic acids is 1. The molecular formula is C14H19BrN2O. The van der Waals surface area contributed by atoms with E-state index in [1.165, 1.54) is 6.42 Å². The molecule has 2 N–H and O–H groups in total. The number of hydrogen-bond acceptors (Lipinski definition) is 2. The quantitative estimate of drug-likeness (QED) is 0.897. The number of anilines is 1. The first-order chi connectivity index (χ1) is 8.66. The maximum Gasteiger partial charge on any atom is 0.224 e. The second-order valence-electron chi connectivity index (χ2n) is 4.86. The zero-order valence-corrected chi connectivity index (χ0v) is 12.2. The van der Waals surface area contributed by atoms with Gasteiger partial charge in [0.15, 0.2) is 0 Å². The van der Waals surface area contributed by atoms with Crippen molar-refractivity contribution < 1.29 is 4.79 Å². The first-order valence-corrected chi connectivity index (χ1v) is 7.22. The van der Waals surface area contributed by atoms with Crippen molar-refractivity contribution in [1.82, 2.24) is 5.32 Å². The summed E-state index contributed by atoms with van der Waals surface area (Å²) in [7, 11) is 0. The van der Waals surface area contributed by atoms with Gasteiger partial charge in [-0.25, -0.2) is 0 Å². The normalized spacial score (nSPS) is 18.9. The summed E-state index contributed by atoms with van der Waals surface area (Å²) in [6.45, 7) is 4.15. The summed E-state index contributed by atoms with van der Waals surface area (Å²) in [5, 5.41) is 6.31. The topological polar surface area (TPSA) is 41.1 Å². The van der Waals surface area contributed by atoms with Crippen molar-refractivity contribution in [2.75, 3.05) is 18.4 Å². The summed E-state index contributed by atoms with van der Waals surface area (Å²) < 4.78 is 1.03. The Bertz CT molecular complexity index is 428. The van der Waals surface area contributed by atoms with Crippen LogP contribution in [0.1, 0.15) is 24.8 Å². The van der Waals surface area contributed by atoms with Gasteiger partial charge in [0.1, 0.15) is 0 Å². The molecule has 2 rings (SSSR count). The van der Waals surface area contributed by atoms with Gasteiger partial charge in [0.05, 0.1) is 0 Å². The summed E-state index contributed by atoms with van der Waals surface area (Å²) in [5.41, 5.74) is 1.98. The van der Waals surface area contributed by atoms with E-state index >= 15 is 0 Å². The molecular weight excluding hydrogens is 292 g/mol. The van der Waals surface area contributed by atoms with Crippen molar-refractivity contribution in [3.05, 3.63) is 28.2 Å². The van der Waals surface area contributed by atoms with Crippen LogP contribution in [0.2, 0.25) is 0 Å².